The second-order valence-corrected chi connectivity index (χ2v) is 1.67. The predicted molar refractivity (Wildman–Crippen MR) is 29.1 cm³/mol. The van der Waals surface area contributed by atoms with E-state index in [2.05, 4.69) is 4.74 Å². The van der Waals surface area contributed by atoms with Crippen LogP contribution in [-0.2, 0) is 14.1 Å². The summed E-state index contributed by atoms with van der Waals surface area (Å²) in [5, 5.41) is 0. The molecule has 0 aromatic rings. The van der Waals surface area contributed by atoms with Crippen molar-refractivity contribution in [2.75, 3.05) is 12.8 Å². The van der Waals surface area contributed by atoms with Crippen LogP contribution in [-0.4, -0.2) is 18.7 Å². The minimum absolute atomic E-state index is 0.0339. The van der Waals surface area contributed by atoms with Crippen LogP contribution in [0.4, 0.5) is 0 Å². The van der Waals surface area contributed by atoms with E-state index in [1.54, 1.807) is 6.92 Å². The molecule has 0 aliphatic heterocycles. The van der Waals surface area contributed by atoms with Crippen LogP contribution in [0.5, 0.6) is 0 Å². The van der Waals surface area contributed by atoms with Gasteiger partial charge in [-0.1, -0.05) is 0 Å². The van der Waals surface area contributed by atoms with Crippen molar-refractivity contribution in [1.29, 1.82) is 0 Å². The molecule has 0 atom stereocenters. The molecule has 0 amide bonds. The molecular formula is C4H7O3P. The zero-order valence-electron chi connectivity index (χ0n) is 4.59. The summed E-state index contributed by atoms with van der Waals surface area (Å²) in [6, 6.07) is 0. The number of carbonyl (C=O) groups excluding carboxylic acids is 1. The molecule has 46 valence electrons. The van der Waals surface area contributed by atoms with Gasteiger partial charge in [-0.25, -0.2) is 0 Å². The van der Waals surface area contributed by atoms with Gasteiger partial charge in [-0.15, -0.1) is 0 Å². The fourth-order valence-corrected chi connectivity index (χ4v) is 0.456. The normalized spacial score (nSPS) is 9.12. The summed E-state index contributed by atoms with van der Waals surface area (Å²) < 4.78 is 14.1. The average molecular weight is 134 g/mol. The molecule has 0 aromatic carbocycles. The molecule has 0 bridgehead atoms. The third-order valence-electron chi connectivity index (χ3n) is 0.499. The highest BCUT2D eigenvalue weighted by atomic mass is 31.1. The maximum Gasteiger partial charge on any atom is 0.317 e. The van der Waals surface area contributed by atoms with Gasteiger partial charge in [0.15, 0.2) is 8.46 Å². The molecule has 0 saturated heterocycles. The Morgan fingerprint density at radius 3 is 2.75 bits per heavy atom. The van der Waals surface area contributed by atoms with Gasteiger partial charge < -0.3 is 4.74 Å². The van der Waals surface area contributed by atoms with Crippen molar-refractivity contribution in [3.63, 3.8) is 0 Å². The Morgan fingerprint density at radius 1 is 1.75 bits per heavy atom. The first-order valence-corrected chi connectivity index (χ1v) is 3.25. The highest BCUT2D eigenvalue weighted by Gasteiger charge is 1.97. The van der Waals surface area contributed by atoms with Gasteiger partial charge in [0.05, 0.1) is 6.61 Å². The monoisotopic (exact) mass is 134 g/mol. The van der Waals surface area contributed by atoms with E-state index in [1.165, 1.54) is 0 Å². The van der Waals surface area contributed by atoms with Gasteiger partial charge in [0.25, 0.3) is 0 Å². The number of esters is 1. The quantitative estimate of drug-likeness (QED) is 0.424. The van der Waals surface area contributed by atoms with Crippen LogP contribution in [0.2, 0.25) is 0 Å². The lowest BCUT2D eigenvalue weighted by atomic mass is 10.8. The van der Waals surface area contributed by atoms with Crippen molar-refractivity contribution in [3.8, 4) is 0 Å². The first-order valence-electron chi connectivity index (χ1n) is 2.26. The van der Waals surface area contributed by atoms with E-state index in [0.717, 1.165) is 0 Å². The highest BCUT2D eigenvalue weighted by molar-refractivity contribution is 7.25. The van der Waals surface area contributed by atoms with Gasteiger partial charge in [-0.3, -0.25) is 9.36 Å². The fraction of sp³-hybridized carbons (Fsp3) is 0.750. The molecule has 0 rings (SSSR count). The van der Waals surface area contributed by atoms with E-state index in [9.17, 15) is 9.36 Å². The van der Waals surface area contributed by atoms with Crippen LogP contribution >= 0.6 is 8.46 Å². The zero-order valence-corrected chi connectivity index (χ0v) is 5.48. The van der Waals surface area contributed by atoms with E-state index in [0.29, 0.717) is 6.61 Å². The number of hydrogen-bond donors (Lipinski definition) is 0. The van der Waals surface area contributed by atoms with Gasteiger partial charge in [0.1, 0.15) is 6.16 Å². The standard InChI is InChI=1S/C4H7O3P/c1-2-7-4(5)3-8-6/h2-3H2,1H3. The molecule has 0 unspecified atom stereocenters. The largest absolute Gasteiger partial charge is 0.465 e. The Kier molecular flexibility index (Phi) is 4.47. The lowest BCUT2D eigenvalue weighted by Crippen LogP contribution is -2.04. The second kappa shape index (κ2) is 4.72. The molecule has 4 heteroatoms. The maximum atomic E-state index is 10.2. The van der Waals surface area contributed by atoms with Gasteiger partial charge >= 0.3 is 5.97 Å². The van der Waals surface area contributed by atoms with E-state index >= 15 is 0 Å². The summed E-state index contributed by atoms with van der Waals surface area (Å²) >= 11 is 0. The number of rotatable bonds is 3. The summed E-state index contributed by atoms with van der Waals surface area (Å²) in [5.41, 5.74) is 0. The minimum Gasteiger partial charge on any atom is -0.465 e. The molecule has 0 spiro atoms. The SMILES string of the molecule is CCOC(=O)CP=O. The van der Waals surface area contributed by atoms with Crippen molar-refractivity contribution >= 4 is 14.4 Å². The molecule has 0 fully saturated rings. The third kappa shape index (κ3) is 3.75. The number of hydrogen-bond acceptors (Lipinski definition) is 3. The molecule has 0 aliphatic carbocycles. The van der Waals surface area contributed by atoms with Gasteiger partial charge in [-0.05, 0) is 6.92 Å². The molecule has 3 nitrogen and oxygen atoms in total. The summed E-state index contributed by atoms with van der Waals surface area (Å²) in [7, 11) is -0.176. The van der Waals surface area contributed by atoms with Crippen LogP contribution in [0.25, 0.3) is 0 Å². The highest BCUT2D eigenvalue weighted by Crippen LogP contribution is 1.91. The molecule has 0 N–H and O–H groups in total. The number of ether oxygens (including phenoxy) is 1. The van der Waals surface area contributed by atoms with Crippen molar-refractivity contribution in [3.05, 3.63) is 0 Å². The Balaban J connectivity index is 3.18. The van der Waals surface area contributed by atoms with Crippen molar-refractivity contribution in [1.82, 2.24) is 0 Å². The Bertz CT molecular complexity index is 91.3. The lowest BCUT2D eigenvalue weighted by Gasteiger charge is -1.92. The van der Waals surface area contributed by atoms with Crippen molar-refractivity contribution < 1.29 is 14.1 Å². The summed E-state index contributed by atoms with van der Waals surface area (Å²) in [6.07, 6.45) is -0.0339. The van der Waals surface area contributed by atoms with E-state index < -0.39 is 5.97 Å². The number of carbonyl (C=O) groups is 1. The maximum absolute atomic E-state index is 10.2. The van der Waals surface area contributed by atoms with E-state index in [1.807, 2.05) is 0 Å². The molecular weight excluding hydrogens is 127 g/mol. The van der Waals surface area contributed by atoms with Crippen LogP contribution in [0.15, 0.2) is 0 Å². The van der Waals surface area contributed by atoms with Crippen LogP contribution in [0.1, 0.15) is 6.92 Å². The van der Waals surface area contributed by atoms with Crippen molar-refractivity contribution in [2.24, 2.45) is 0 Å². The Labute approximate surface area is 49.2 Å². The van der Waals surface area contributed by atoms with Crippen LogP contribution in [0.3, 0.4) is 0 Å². The average Bonchev–Trinajstić information content (AvgIpc) is 1.68. The molecule has 0 aliphatic rings. The summed E-state index contributed by atoms with van der Waals surface area (Å²) in [4.78, 5) is 10.2. The lowest BCUT2D eigenvalue weighted by molar-refractivity contribution is -0.139. The van der Waals surface area contributed by atoms with Gasteiger partial charge in [-0.2, -0.15) is 0 Å². The Hall–Kier alpha value is -0.430. The first-order chi connectivity index (χ1) is 3.81. The summed E-state index contributed by atoms with van der Waals surface area (Å²) in [5.74, 6) is -0.413. The third-order valence-corrected chi connectivity index (χ3v) is 0.886. The first kappa shape index (κ1) is 7.57. The minimum atomic E-state index is -0.413. The topological polar surface area (TPSA) is 43.4 Å². The zero-order chi connectivity index (χ0) is 6.41. The molecule has 0 saturated carbocycles. The predicted octanol–water partition coefficient (Wildman–Crippen LogP) is 0.841. The van der Waals surface area contributed by atoms with Crippen LogP contribution in [0, 0.1) is 0 Å². The smallest absolute Gasteiger partial charge is 0.317 e. The molecule has 0 radical (unpaired) electrons. The second-order valence-electron chi connectivity index (χ2n) is 1.09. The van der Waals surface area contributed by atoms with E-state index in [-0.39, 0.29) is 14.6 Å². The summed E-state index contributed by atoms with van der Waals surface area (Å²) in [6.45, 7) is 2.06. The molecule has 0 aromatic heterocycles. The fourth-order valence-electron chi connectivity index (χ4n) is 0.259. The van der Waals surface area contributed by atoms with Gasteiger partial charge in [0, 0.05) is 0 Å². The molecule has 0 heterocycles. The van der Waals surface area contributed by atoms with Gasteiger partial charge in [0.2, 0.25) is 0 Å². The van der Waals surface area contributed by atoms with Crippen molar-refractivity contribution in [2.45, 2.75) is 6.92 Å². The Morgan fingerprint density at radius 2 is 2.38 bits per heavy atom. The van der Waals surface area contributed by atoms with Crippen LogP contribution < -0.4 is 0 Å². The molecule has 8 heavy (non-hydrogen) atoms. The van der Waals surface area contributed by atoms with E-state index in [4.69, 9.17) is 0 Å².